The second-order valence-electron chi connectivity index (χ2n) is 7.17. The third-order valence-corrected chi connectivity index (χ3v) is 6.69. The summed E-state index contributed by atoms with van der Waals surface area (Å²) in [6.07, 6.45) is -5.71. The first kappa shape index (κ1) is 24.8. The number of alkyl halides is 5. The van der Waals surface area contributed by atoms with Crippen LogP contribution in [0, 0.1) is 0 Å². The third-order valence-electron chi connectivity index (χ3n) is 4.48. The standard InChI is InChI=1S/C17H16ClF5N4O5S/c1-16(2,17(21,22)23)32-15(28)24-9-3-4-11-10(7-9)27(5-6-31-11)33(29,30)12-8-26(14(19)20)25-13(12)18/h3-4,7-8,14H,5-6H2,1-2H3,(H,24,28). The summed E-state index contributed by atoms with van der Waals surface area (Å²) in [6.45, 7) is -2.16. The molecule has 16 heteroatoms. The Hall–Kier alpha value is -2.81. The van der Waals surface area contributed by atoms with Crippen LogP contribution in [0.3, 0.4) is 0 Å². The fourth-order valence-electron chi connectivity index (χ4n) is 2.70. The van der Waals surface area contributed by atoms with Crippen LogP contribution < -0.4 is 14.4 Å². The summed E-state index contributed by atoms with van der Waals surface area (Å²) in [5, 5.41) is 4.67. The van der Waals surface area contributed by atoms with Gasteiger partial charge < -0.3 is 9.47 Å². The van der Waals surface area contributed by atoms with Gasteiger partial charge in [0.1, 0.15) is 17.3 Å². The molecule has 0 fully saturated rings. The summed E-state index contributed by atoms with van der Waals surface area (Å²) >= 11 is 5.75. The van der Waals surface area contributed by atoms with Crippen LogP contribution in [0.4, 0.5) is 38.1 Å². The fourth-order valence-corrected chi connectivity index (χ4v) is 4.58. The molecule has 33 heavy (non-hydrogen) atoms. The second kappa shape index (κ2) is 8.52. The van der Waals surface area contributed by atoms with E-state index in [4.69, 9.17) is 16.3 Å². The number of nitrogens with one attached hydrogen (secondary N) is 1. The minimum atomic E-state index is -4.83. The lowest BCUT2D eigenvalue weighted by Gasteiger charge is -2.31. The molecule has 1 aromatic heterocycles. The Morgan fingerprint density at radius 1 is 1.30 bits per heavy atom. The molecule has 1 N–H and O–H groups in total. The van der Waals surface area contributed by atoms with Crippen molar-refractivity contribution in [3.8, 4) is 5.75 Å². The Labute approximate surface area is 189 Å². The van der Waals surface area contributed by atoms with Gasteiger partial charge in [-0.1, -0.05) is 11.6 Å². The molecule has 1 aliphatic rings. The molecule has 0 bridgehead atoms. The van der Waals surface area contributed by atoms with Crippen LogP contribution in [-0.2, 0) is 14.8 Å². The van der Waals surface area contributed by atoms with Gasteiger partial charge in [-0.3, -0.25) is 9.62 Å². The van der Waals surface area contributed by atoms with Gasteiger partial charge >= 0.3 is 18.8 Å². The van der Waals surface area contributed by atoms with E-state index in [0.29, 0.717) is 20.0 Å². The van der Waals surface area contributed by atoms with Crippen LogP contribution in [0.5, 0.6) is 5.75 Å². The van der Waals surface area contributed by atoms with Crippen LogP contribution in [-0.4, -0.2) is 49.2 Å². The lowest BCUT2D eigenvalue weighted by Crippen LogP contribution is -2.44. The highest BCUT2D eigenvalue weighted by atomic mass is 35.5. The van der Waals surface area contributed by atoms with Gasteiger partial charge in [0.2, 0.25) is 5.60 Å². The first-order valence-corrected chi connectivity index (χ1v) is 10.8. The van der Waals surface area contributed by atoms with Gasteiger partial charge in [0.05, 0.1) is 18.4 Å². The number of halogens is 6. The summed E-state index contributed by atoms with van der Waals surface area (Å²) in [4.78, 5) is 11.3. The van der Waals surface area contributed by atoms with Crippen molar-refractivity contribution in [1.29, 1.82) is 0 Å². The number of hydrogen-bond acceptors (Lipinski definition) is 6. The van der Waals surface area contributed by atoms with Gasteiger partial charge in [-0.15, -0.1) is 0 Å². The first-order valence-electron chi connectivity index (χ1n) is 9.02. The number of hydrogen-bond donors (Lipinski definition) is 1. The van der Waals surface area contributed by atoms with Gasteiger partial charge in [-0.05, 0) is 32.0 Å². The summed E-state index contributed by atoms with van der Waals surface area (Å²) in [5.41, 5.74) is -3.02. The van der Waals surface area contributed by atoms with Gasteiger partial charge in [-0.25, -0.2) is 17.9 Å². The van der Waals surface area contributed by atoms with Gasteiger partial charge in [0.15, 0.2) is 5.15 Å². The SMILES string of the molecule is CC(C)(OC(=O)Nc1ccc2c(c1)N(S(=O)(=O)c1cn(C(F)F)nc1Cl)CCO2)C(F)(F)F. The van der Waals surface area contributed by atoms with Crippen molar-refractivity contribution in [1.82, 2.24) is 9.78 Å². The van der Waals surface area contributed by atoms with Crippen LogP contribution in [0.25, 0.3) is 0 Å². The number of fused-ring (bicyclic) bond motifs is 1. The third kappa shape index (κ3) is 4.93. The summed E-state index contributed by atoms with van der Waals surface area (Å²) in [7, 11) is -4.50. The molecule has 0 radical (unpaired) electrons. The van der Waals surface area contributed by atoms with Crippen molar-refractivity contribution in [2.45, 2.75) is 37.1 Å². The summed E-state index contributed by atoms with van der Waals surface area (Å²) in [5.74, 6) is 0.0525. The monoisotopic (exact) mass is 518 g/mol. The van der Waals surface area contributed by atoms with Gasteiger partial charge in [0, 0.05) is 5.69 Å². The van der Waals surface area contributed by atoms with Crippen molar-refractivity contribution in [2.75, 3.05) is 22.8 Å². The maximum Gasteiger partial charge on any atom is 0.427 e. The lowest BCUT2D eigenvalue weighted by atomic mass is 10.1. The van der Waals surface area contributed by atoms with Crippen molar-refractivity contribution in [3.05, 3.63) is 29.5 Å². The van der Waals surface area contributed by atoms with E-state index < -0.39 is 44.5 Å². The summed E-state index contributed by atoms with van der Waals surface area (Å²) in [6, 6.07) is 3.63. The normalized spacial score (nSPS) is 14.6. The number of anilines is 2. The van der Waals surface area contributed by atoms with E-state index in [9.17, 15) is 35.2 Å². The van der Waals surface area contributed by atoms with Crippen LogP contribution in [0.2, 0.25) is 5.15 Å². The fraction of sp³-hybridized carbons (Fsp3) is 0.412. The predicted molar refractivity (Wildman–Crippen MR) is 105 cm³/mol. The molecule has 0 aliphatic carbocycles. The zero-order valence-electron chi connectivity index (χ0n) is 16.9. The van der Waals surface area contributed by atoms with Gasteiger partial charge in [0.25, 0.3) is 10.0 Å². The Morgan fingerprint density at radius 3 is 2.55 bits per heavy atom. The van der Waals surface area contributed by atoms with E-state index >= 15 is 0 Å². The lowest BCUT2D eigenvalue weighted by molar-refractivity contribution is -0.242. The second-order valence-corrected chi connectivity index (χ2v) is 9.36. The number of sulfonamides is 1. The Bertz CT molecular complexity index is 1170. The maximum atomic E-state index is 13.1. The Balaban J connectivity index is 1.91. The molecule has 2 aromatic rings. The van der Waals surface area contributed by atoms with Crippen LogP contribution >= 0.6 is 11.6 Å². The highest BCUT2D eigenvalue weighted by molar-refractivity contribution is 7.93. The van der Waals surface area contributed by atoms with Crippen LogP contribution in [0.15, 0.2) is 29.3 Å². The summed E-state index contributed by atoms with van der Waals surface area (Å²) < 4.78 is 101. The highest BCUT2D eigenvalue weighted by Crippen LogP contribution is 2.39. The molecule has 9 nitrogen and oxygen atoms in total. The highest BCUT2D eigenvalue weighted by Gasteiger charge is 2.51. The van der Waals surface area contributed by atoms with E-state index in [1.54, 1.807) is 0 Å². The van der Waals surface area contributed by atoms with Gasteiger partial charge in [-0.2, -0.15) is 27.1 Å². The molecule has 0 unspecified atom stereocenters. The number of carbonyl (C=O) groups excluding carboxylic acids is 1. The maximum absolute atomic E-state index is 13.1. The average molecular weight is 519 g/mol. The predicted octanol–water partition coefficient (Wildman–Crippen LogP) is 4.41. The molecule has 182 valence electrons. The zero-order valence-corrected chi connectivity index (χ0v) is 18.4. The number of rotatable bonds is 5. The van der Waals surface area contributed by atoms with Crippen molar-refractivity contribution >= 4 is 39.1 Å². The zero-order chi connectivity index (χ0) is 24.8. The molecule has 2 heterocycles. The first-order chi connectivity index (χ1) is 15.1. The minimum absolute atomic E-state index is 0.0525. The quantitative estimate of drug-likeness (QED) is 0.588. The van der Waals surface area contributed by atoms with Crippen LogP contribution in [0.1, 0.15) is 20.4 Å². The Morgan fingerprint density at radius 2 is 1.97 bits per heavy atom. The molecular weight excluding hydrogens is 503 g/mol. The molecule has 3 rings (SSSR count). The van der Waals surface area contributed by atoms with E-state index in [0.717, 1.165) is 10.4 Å². The van der Waals surface area contributed by atoms with E-state index in [2.05, 4.69) is 15.2 Å². The molecular formula is C17H16ClF5N4O5S. The van der Waals surface area contributed by atoms with E-state index in [-0.39, 0.29) is 35.0 Å². The smallest absolute Gasteiger partial charge is 0.427 e. The number of amides is 1. The van der Waals surface area contributed by atoms with Crippen molar-refractivity contribution < 1.29 is 44.6 Å². The average Bonchev–Trinajstić information content (AvgIpc) is 3.09. The number of aromatic nitrogens is 2. The molecule has 0 saturated heterocycles. The number of ether oxygens (including phenoxy) is 2. The largest absolute Gasteiger partial charge is 0.489 e. The number of benzene rings is 1. The minimum Gasteiger partial charge on any atom is -0.489 e. The van der Waals surface area contributed by atoms with Crippen molar-refractivity contribution in [2.24, 2.45) is 0 Å². The Kier molecular flexibility index (Phi) is 6.41. The van der Waals surface area contributed by atoms with E-state index in [1.807, 2.05) is 0 Å². The molecule has 0 atom stereocenters. The van der Waals surface area contributed by atoms with Crippen molar-refractivity contribution in [3.63, 3.8) is 0 Å². The molecule has 0 saturated carbocycles. The molecule has 1 aliphatic heterocycles. The molecule has 0 spiro atoms. The molecule has 1 aromatic carbocycles. The molecule has 1 amide bonds. The number of nitrogens with zero attached hydrogens (tertiary/aromatic N) is 3. The number of carbonyl (C=O) groups is 1. The van der Waals surface area contributed by atoms with E-state index in [1.165, 1.54) is 12.1 Å². The topological polar surface area (TPSA) is 103 Å².